The Bertz CT molecular complexity index is 809. The van der Waals surface area contributed by atoms with Crippen LogP contribution in [-0.2, 0) is 0 Å². The van der Waals surface area contributed by atoms with Gasteiger partial charge in [0.05, 0.1) is 10.0 Å². The maximum atomic E-state index is 12.5. The molecule has 3 aromatic rings. The number of benzene rings is 3. The van der Waals surface area contributed by atoms with E-state index in [0.29, 0.717) is 21.2 Å². The molecule has 0 atom stereocenters. The van der Waals surface area contributed by atoms with E-state index < -0.39 is 0 Å². The number of carbonyl (C=O) groups is 1. The highest BCUT2D eigenvalue weighted by atomic mass is 35.5. The Balaban J connectivity index is 1.89. The molecule has 0 aliphatic rings. The molecule has 0 N–H and O–H groups in total. The van der Waals surface area contributed by atoms with Crippen molar-refractivity contribution < 1.29 is 4.79 Å². The third-order valence-corrected chi connectivity index (χ3v) is 4.18. The van der Waals surface area contributed by atoms with Crippen molar-refractivity contribution >= 4 is 29.0 Å². The largest absolute Gasteiger partial charge is 0.289 e. The second kappa shape index (κ2) is 6.35. The van der Waals surface area contributed by atoms with Gasteiger partial charge in [-0.05, 0) is 29.3 Å². The van der Waals surface area contributed by atoms with Crippen molar-refractivity contribution in [3.63, 3.8) is 0 Å². The highest BCUT2D eigenvalue weighted by Crippen LogP contribution is 2.25. The summed E-state index contributed by atoms with van der Waals surface area (Å²) in [6.45, 7) is 0. The molecular formula is C19H12Cl2O. The van der Waals surface area contributed by atoms with Crippen molar-refractivity contribution in [2.45, 2.75) is 0 Å². The Hall–Kier alpha value is -2.09. The Kier molecular flexibility index (Phi) is 4.28. The summed E-state index contributed by atoms with van der Waals surface area (Å²) >= 11 is 11.8. The van der Waals surface area contributed by atoms with Gasteiger partial charge in [-0.25, -0.2) is 0 Å². The van der Waals surface area contributed by atoms with Crippen molar-refractivity contribution in [2.24, 2.45) is 0 Å². The molecule has 0 aliphatic heterocycles. The summed E-state index contributed by atoms with van der Waals surface area (Å²) in [5.74, 6) is -0.0711. The van der Waals surface area contributed by atoms with E-state index in [9.17, 15) is 4.79 Å². The third kappa shape index (κ3) is 3.06. The van der Waals surface area contributed by atoms with Gasteiger partial charge in [0.1, 0.15) is 0 Å². The van der Waals surface area contributed by atoms with Gasteiger partial charge in [0.2, 0.25) is 0 Å². The zero-order chi connectivity index (χ0) is 15.5. The smallest absolute Gasteiger partial charge is 0.193 e. The Labute approximate surface area is 139 Å². The minimum atomic E-state index is -0.0711. The van der Waals surface area contributed by atoms with Gasteiger partial charge in [-0.2, -0.15) is 0 Å². The summed E-state index contributed by atoms with van der Waals surface area (Å²) in [4.78, 5) is 12.5. The molecule has 0 aliphatic carbocycles. The summed E-state index contributed by atoms with van der Waals surface area (Å²) in [6, 6.07) is 22.5. The van der Waals surface area contributed by atoms with Crippen LogP contribution in [0.2, 0.25) is 10.0 Å². The van der Waals surface area contributed by atoms with Crippen LogP contribution in [0.3, 0.4) is 0 Å². The molecule has 0 aromatic heterocycles. The van der Waals surface area contributed by atoms with Crippen LogP contribution in [0.4, 0.5) is 0 Å². The van der Waals surface area contributed by atoms with Crippen LogP contribution >= 0.6 is 23.2 Å². The fourth-order valence-electron chi connectivity index (χ4n) is 2.25. The van der Waals surface area contributed by atoms with Crippen molar-refractivity contribution in [2.75, 3.05) is 0 Å². The van der Waals surface area contributed by atoms with E-state index in [2.05, 4.69) is 0 Å². The summed E-state index contributed by atoms with van der Waals surface area (Å²) in [6.07, 6.45) is 0. The van der Waals surface area contributed by atoms with Crippen molar-refractivity contribution in [1.82, 2.24) is 0 Å². The molecule has 0 amide bonds. The predicted molar refractivity (Wildman–Crippen MR) is 91.8 cm³/mol. The zero-order valence-corrected chi connectivity index (χ0v) is 13.1. The highest BCUT2D eigenvalue weighted by molar-refractivity contribution is 6.42. The molecular weight excluding hydrogens is 315 g/mol. The van der Waals surface area contributed by atoms with E-state index in [1.54, 1.807) is 18.2 Å². The average Bonchev–Trinajstić information content (AvgIpc) is 2.58. The molecule has 22 heavy (non-hydrogen) atoms. The Morgan fingerprint density at radius 2 is 1.23 bits per heavy atom. The first-order chi connectivity index (χ1) is 10.6. The van der Waals surface area contributed by atoms with Crippen LogP contribution in [0.1, 0.15) is 15.9 Å². The molecule has 0 bridgehead atoms. The van der Waals surface area contributed by atoms with Crippen molar-refractivity contribution in [1.29, 1.82) is 0 Å². The lowest BCUT2D eigenvalue weighted by atomic mass is 9.99. The zero-order valence-electron chi connectivity index (χ0n) is 11.6. The monoisotopic (exact) mass is 326 g/mol. The van der Waals surface area contributed by atoms with E-state index in [1.165, 1.54) is 0 Å². The molecule has 0 heterocycles. The summed E-state index contributed by atoms with van der Waals surface area (Å²) in [5, 5.41) is 0.825. The van der Waals surface area contributed by atoms with Gasteiger partial charge in [-0.15, -0.1) is 0 Å². The minimum Gasteiger partial charge on any atom is -0.289 e. The number of ketones is 1. The lowest BCUT2D eigenvalue weighted by Gasteiger charge is -2.05. The Morgan fingerprint density at radius 1 is 0.636 bits per heavy atom. The second-order valence-corrected chi connectivity index (χ2v) is 5.72. The maximum absolute atomic E-state index is 12.5. The molecule has 3 rings (SSSR count). The topological polar surface area (TPSA) is 17.1 Å². The number of carbonyl (C=O) groups excluding carboxylic acids is 1. The van der Waals surface area contributed by atoms with Crippen LogP contribution < -0.4 is 0 Å². The van der Waals surface area contributed by atoms with Gasteiger partial charge in [-0.3, -0.25) is 4.79 Å². The number of halogens is 2. The first-order valence-corrected chi connectivity index (χ1v) is 7.56. The van der Waals surface area contributed by atoms with Crippen molar-refractivity contribution in [3.05, 3.63) is 94.0 Å². The minimum absolute atomic E-state index is 0.0711. The van der Waals surface area contributed by atoms with Gasteiger partial charge >= 0.3 is 0 Å². The maximum Gasteiger partial charge on any atom is 0.193 e. The third-order valence-electron chi connectivity index (χ3n) is 3.44. The Morgan fingerprint density at radius 3 is 1.86 bits per heavy atom. The number of hydrogen-bond acceptors (Lipinski definition) is 1. The SMILES string of the molecule is O=C(c1ccc(-c2ccccc2)cc1)c1ccc(Cl)c(Cl)c1. The quantitative estimate of drug-likeness (QED) is 0.548. The van der Waals surface area contributed by atoms with Crippen molar-refractivity contribution in [3.8, 4) is 11.1 Å². The molecule has 3 heteroatoms. The normalized spacial score (nSPS) is 10.5. The van der Waals surface area contributed by atoms with E-state index >= 15 is 0 Å². The molecule has 0 saturated carbocycles. The van der Waals surface area contributed by atoms with Crippen LogP contribution in [0.25, 0.3) is 11.1 Å². The highest BCUT2D eigenvalue weighted by Gasteiger charge is 2.11. The standard InChI is InChI=1S/C19H12Cl2O/c20-17-11-10-16(12-18(17)21)19(22)15-8-6-14(7-9-15)13-4-2-1-3-5-13/h1-12H. The molecule has 0 unspecified atom stereocenters. The molecule has 0 spiro atoms. The van der Waals surface area contributed by atoms with Gasteiger partial charge in [0.25, 0.3) is 0 Å². The van der Waals surface area contributed by atoms with Gasteiger partial charge in [-0.1, -0.05) is 77.8 Å². The average molecular weight is 327 g/mol. The van der Waals surface area contributed by atoms with E-state index in [1.807, 2.05) is 54.6 Å². The van der Waals surface area contributed by atoms with Crippen LogP contribution in [0, 0.1) is 0 Å². The lowest BCUT2D eigenvalue weighted by molar-refractivity contribution is 0.103. The second-order valence-electron chi connectivity index (χ2n) is 4.90. The molecule has 1 nitrogen and oxygen atoms in total. The van der Waals surface area contributed by atoms with Crippen LogP contribution in [0.15, 0.2) is 72.8 Å². The van der Waals surface area contributed by atoms with Gasteiger partial charge in [0.15, 0.2) is 5.78 Å². The fourth-order valence-corrected chi connectivity index (χ4v) is 2.55. The summed E-state index contributed by atoms with van der Waals surface area (Å²) in [5.41, 5.74) is 3.35. The lowest BCUT2D eigenvalue weighted by Crippen LogP contribution is -2.01. The fraction of sp³-hybridized carbons (Fsp3) is 0. The van der Waals surface area contributed by atoms with E-state index in [0.717, 1.165) is 11.1 Å². The molecule has 0 radical (unpaired) electrons. The molecule has 108 valence electrons. The summed E-state index contributed by atoms with van der Waals surface area (Å²) in [7, 11) is 0. The van der Waals surface area contributed by atoms with Crippen LogP contribution in [-0.4, -0.2) is 5.78 Å². The first-order valence-electron chi connectivity index (χ1n) is 6.80. The number of rotatable bonds is 3. The van der Waals surface area contributed by atoms with E-state index in [-0.39, 0.29) is 5.78 Å². The van der Waals surface area contributed by atoms with Crippen LogP contribution in [0.5, 0.6) is 0 Å². The first kappa shape index (κ1) is 14.8. The van der Waals surface area contributed by atoms with Gasteiger partial charge < -0.3 is 0 Å². The van der Waals surface area contributed by atoms with Gasteiger partial charge in [0, 0.05) is 11.1 Å². The number of hydrogen-bond donors (Lipinski definition) is 0. The summed E-state index contributed by atoms with van der Waals surface area (Å²) < 4.78 is 0. The predicted octanol–water partition coefficient (Wildman–Crippen LogP) is 5.89. The molecule has 0 fully saturated rings. The molecule has 0 saturated heterocycles. The molecule has 3 aromatic carbocycles. The van der Waals surface area contributed by atoms with E-state index in [4.69, 9.17) is 23.2 Å².